The molecule has 0 aromatic heterocycles. The molecule has 1 heteroatoms. The second-order valence-corrected chi connectivity index (χ2v) is 6.67. The topological polar surface area (TPSA) is 26.0 Å². The summed E-state index contributed by atoms with van der Waals surface area (Å²) >= 11 is 0. The van der Waals surface area contributed by atoms with Crippen molar-refractivity contribution in [1.29, 1.82) is 0 Å². The van der Waals surface area contributed by atoms with Gasteiger partial charge in [-0.3, -0.25) is 0 Å². The van der Waals surface area contributed by atoms with Crippen LogP contribution in [-0.4, -0.2) is 5.54 Å². The first-order valence-electron chi connectivity index (χ1n) is 6.11. The summed E-state index contributed by atoms with van der Waals surface area (Å²) in [6.45, 7) is 9.56. The Bertz CT molecular complexity index is 220. The average molecular weight is 195 g/mol. The first-order valence-corrected chi connectivity index (χ1v) is 6.11. The van der Waals surface area contributed by atoms with Gasteiger partial charge in [0.15, 0.2) is 0 Å². The standard InChI is InChI=1S/C13H25N/c1-11(2)10(12(11,3)4)13(14)8-6-5-7-9-13/h10H,5-9,14H2,1-4H3. The van der Waals surface area contributed by atoms with E-state index in [1.807, 2.05) is 0 Å². The third kappa shape index (κ3) is 1.18. The van der Waals surface area contributed by atoms with E-state index in [0.29, 0.717) is 10.8 Å². The minimum atomic E-state index is 0.158. The molecule has 2 aliphatic rings. The van der Waals surface area contributed by atoms with Crippen molar-refractivity contribution in [3.63, 3.8) is 0 Å². The quantitative estimate of drug-likeness (QED) is 0.682. The maximum absolute atomic E-state index is 6.62. The average Bonchev–Trinajstić information content (AvgIpc) is 2.44. The van der Waals surface area contributed by atoms with Gasteiger partial charge in [0.1, 0.15) is 0 Å². The Kier molecular flexibility index (Phi) is 2.06. The van der Waals surface area contributed by atoms with Gasteiger partial charge in [0, 0.05) is 5.54 Å². The van der Waals surface area contributed by atoms with E-state index < -0.39 is 0 Å². The lowest BCUT2D eigenvalue weighted by Crippen LogP contribution is -2.46. The van der Waals surface area contributed by atoms with Gasteiger partial charge in [-0.2, -0.15) is 0 Å². The van der Waals surface area contributed by atoms with Crippen molar-refractivity contribution < 1.29 is 0 Å². The van der Waals surface area contributed by atoms with E-state index in [9.17, 15) is 0 Å². The molecule has 2 rings (SSSR count). The molecule has 0 aromatic carbocycles. The minimum Gasteiger partial charge on any atom is -0.325 e. The number of nitrogens with two attached hydrogens (primary N) is 1. The van der Waals surface area contributed by atoms with E-state index in [0.717, 1.165) is 5.92 Å². The second-order valence-electron chi connectivity index (χ2n) is 6.67. The fourth-order valence-electron chi connectivity index (χ4n) is 4.13. The first kappa shape index (κ1) is 10.5. The van der Waals surface area contributed by atoms with Gasteiger partial charge in [-0.1, -0.05) is 47.0 Å². The van der Waals surface area contributed by atoms with Crippen LogP contribution in [0.2, 0.25) is 0 Å². The lowest BCUT2D eigenvalue weighted by molar-refractivity contribution is 0.225. The Hall–Kier alpha value is -0.0400. The van der Waals surface area contributed by atoms with Gasteiger partial charge in [0.2, 0.25) is 0 Å². The van der Waals surface area contributed by atoms with E-state index >= 15 is 0 Å². The summed E-state index contributed by atoms with van der Waals surface area (Å²) in [5, 5.41) is 0. The zero-order chi connectivity index (χ0) is 10.6. The largest absolute Gasteiger partial charge is 0.325 e. The predicted octanol–water partition coefficient (Wildman–Crippen LogP) is 3.33. The molecule has 0 atom stereocenters. The van der Waals surface area contributed by atoms with E-state index in [-0.39, 0.29) is 5.54 Å². The molecule has 0 heterocycles. The number of hydrogen-bond donors (Lipinski definition) is 1. The van der Waals surface area contributed by atoms with E-state index in [4.69, 9.17) is 5.73 Å². The molecule has 1 nitrogen and oxygen atoms in total. The van der Waals surface area contributed by atoms with Crippen molar-refractivity contribution in [2.45, 2.75) is 65.3 Å². The van der Waals surface area contributed by atoms with Crippen molar-refractivity contribution in [2.75, 3.05) is 0 Å². The molecule has 0 spiro atoms. The molecule has 0 bridgehead atoms. The summed E-state index contributed by atoms with van der Waals surface area (Å²) in [6, 6.07) is 0. The van der Waals surface area contributed by atoms with Crippen molar-refractivity contribution in [1.82, 2.24) is 0 Å². The summed E-state index contributed by atoms with van der Waals surface area (Å²) in [7, 11) is 0. The molecule has 2 fully saturated rings. The molecule has 14 heavy (non-hydrogen) atoms. The zero-order valence-corrected chi connectivity index (χ0v) is 10.2. The minimum absolute atomic E-state index is 0.158. The highest BCUT2D eigenvalue weighted by Crippen LogP contribution is 2.73. The van der Waals surface area contributed by atoms with Crippen LogP contribution in [0.15, 0.2) is 0 Å². The fourth-order valence-corrected chi connectivity index (χ4v) is 4.13. The summed E-state index contributed by atoms with van der Waals surface area (Å²) in [6.07, 6.45) is 6.60. The van der Waals surface area contributed by atoms with Crippen LogP contribution in [0.4, 0.5) is 0 Å². The van der Waals surface area contributed by atoms with Crippen LogP contribution in [-0.2, 0) is 0 Å². The van der Waals surface area contributed by atoms with Gasteiger partial charge in [0.05, 0.1) is 0 Å². The Morgan fingerprint density at radius 3 is 1.64 bits per heavy atom. The molecule has 2 N–H and O–H groups in total. The van der Waals surface area contributed by atoms with Crippen LogP contribution in [0.3, 0.4) is 0 Å². The molecule has 82 valence electrons. The van der Waals surface area contributed by atoms with Gasteiger partial charge in [0.25, 0.3) is 0 Å². The molecular formula is C13H25N. The van der Waals surface area contributed by atoms with Crippen LogP contribution < -0.4 is 5.73 Å². The summed E-state index contributed by atoms with van der Waals surface area (Å²) in [4.78, 5) is 0. The maximum Gasteiger partial charge on any atom is 0.0193 e. The zero-order valence-electron chi connectivity index (χ0n) is 10.2. The lowest BCUT2D eigenvalue weighted by Gasteiger charge is -2.35. The van der Waals surface area contributed by atoms with Crippen molar-refractivity contribution >= 4 is 0 Å². The summed E-state index contributed by atoms with van der Waals surface area (Å²) in [5.41, 5.74) is 7.69. The highest BCUT2D eigenvalue weighted by Gasteiger charge is 2.70. The third-order valence-electron chi connectivity index (χ3n) is 5.38. The Morgan fingerprint density at radius 1 is 0.857 bits per heavy atom. The maximum atomic E-state index is 6.62. The molecule has 0 unspecified atom stereocenters. The Morgan fingerprint density at radius 2 is 1.29 bits per heavy atom. The van der Waals surface area contributed by atoms with E-state index in [1.54, 1.807) is 0 Å². The van der Waals surface area contributed by atoms with Crippen LogP contribution in [0.25, 0.3) is 0 Å². The molecule has 0 radical (unpaired) electrons. The fraction of sp³-hybridized carbons (Fsp3) is 1.00. The van der Waals surface area contributed by atoms with Crippen LogP contribution in [0.1, 0.15) is 59.8 Å². The normalized spacial score (nSPS) is 34.1. The smallest absolute Gasteiger partial charge is 0.0193 e. The SMILES string of the molecule is CC1(C)C(C2(N)CCCCC2)C1(C)C. The molecule has 2 saturated carbocycles. The molecular weight excluding hydrogens is 170 g/mol. The van der Waals surface area contributed by atoms with Crippen molar-refractivity contribution in [3.8, 4) is 0 Å². The summed E-state index contributed by atoms with van der Waals surface area (Å²) in [5.74, 6) is 0.739. The van der Waals surface area contributed by atoms with E-state index in [1.165, 1.54) is 32.1 Å². The van der Waals surface area contributed by atoms with Gasteiger partial charge >= 0.3 is 0 Å². The highest BCUT2D eigenvalue weighted by molar-refractivity contribution is 5.21. The summed E-state index contributed by atoms with van der Waals surface area (Å²) < 4.78 is 0. The molecule has 2 aliphatic carbocycles. The van der Waals surface area contributed by atoms with Crippen molar-refractivity contribution in [2.24, 2.45) is 22.5 Å². The van der Waals surface area contributed by atoms with Gasteiger partial charge in [-0.05, 0) is 29.6 Å². The molecule has 0 aliphatic heterocycles. The highest BCUT2D eigenvalue weighted by atomic mass is 14.9. The predicted molar refractivity (Wildman–Crippen MR) is 61.1 cm³/mol. The monoisotopic (exact) mass is 195 g/mol. The third-order valence-corrected chi connectivity index (χ3v) is 5.38. The van der Waals surface area contributed by atoms with Crippen molar-refractivity contribution in [3.05, 3.63) is 0 Å². The van der Waals surface area contributed by atoms with E-state index in [2.05, 4.69) is 27.7 Å². The van der Waals surface area contributed by atoms with Gasteiger partial charge in [-0.15, -0.1) is 0 Å². The Balaban J connectivity index is 2.17. The Labute approximate surface area is 88.4 Å². The molecule has 0 amide bonds. The molecule has 0 saturated heterocycles. The van der Waals surface area contributed by atoms with Gasteiger partial charge < -0.3 is 5.73 Å². The van der Waals surface area contributed by atoms with Crippen LogP contribution >= 0.6 is 0 Å². The second kappa shape index (κ2) is 2.75. The first-order chi connectivity index (χ1) is 6.32. The van der Waals surface area contributed by atoms with Crippen LogP contribution in [0, 0.1) is 16.7 Å². The lowest BCUT2D eigenvalue weighted by atomic mass is 9.76. The van der Waals surface area contributed by atoms with Crippen LogP contribution in [0.5, 0.6) is 0 Å². The van der Waals surface area contributed by atoms with Gasteiger partial charge in [-0.25, -0.2) is 0 Å². The molecule has 0 aromatic rings. The number of rotatable bonds is 1. The number of hydrogen-bond acceptors (Lipinski definition) is 1.